The Bertz CT molecular complexity index is 913. The van der Waals surface area contributed by atoms with Gasteiger partial charge in [0.15, 0.2) is 0 Å². The third-order valence-corrected chi connectivity index (χ3v) is 5.68. The first-order chi connectivity index (χ1) is 13.6. The molecule has 0 radical (unpaired) electrons. The summed E-state index contributed by atoms with van der Waals surface area (Å²) in [5.74, 6) is -1.91. The highest BCUT2D eigenvalue weighted by atomic mass is 19.1. The minimum atomic E-state index is -0.705. The third-order valence-electron chi connectivity index (χ3n) is 5.68. The first-order valence-electron chi connectivity index (χ1n) is 9.44. The summed E-state index contributed by atoms with van der Waals surface area (Å²) in [6.45, 7) is 2.91. The summed E-state index contributed by atoms with van der Waals surface area (Å²) in [5.41, 5.74) is 2.27. The number of rotatable bonds is 1. The highest BCUT2D eigenvalue weighted by Gasteiger charge is 2.30. The van der Waals surface area contributed by atoms with Gasteiger partial charge in [-0.2, -0.15) is 5.26 Å². The number of carbonyl (C=O) groups is 1. The second kappa shape index (κ2) is 7.58. The molecule has 1 atom stereocenters. The summed E-state index contributed by atoms with van der Waals surface area (Å²) in [6, 6.07) is 2.11. The van der Waals surface area contributed by atoms with E-state index >= 15 is 0 Å². The maximum absolute atomic E-state index is 14.1. The van der Waals surface area contributed by atoms with Crippen molar-refractivity contribution in [3.63, 3.8) is 0 Å². The molecule has 1 aliphatic carbocycles. The maximum Gasteiger partial charge on any atom is 0.320 e. The average Bonchev–Trinajstić information content (AvgIpc) is 3.18. The van der Waals surface area contributed by atoms with Gasteiger partial charge in [0.05, 0.1) is 24.6 Å². The molecule has 1 aromatic rings. The van der Waals surface area contributed by atoms with Gasteiger partial charge in [-0.1, -0.05) is 5.57 Å². The van der Waals surface area contributed by atoms with E-state index in [1.54, 1.807) is 17.4 Å². The largest absolute Gasteiger partial charge is 0.331 e. The Morgan fingerprint density at radius 3 is 2.68 bits per heavy atom. The summed E-state index contributed by atoms with van der Waals surface area (Å²) in [5, 5.41) is 9.55. The first kappa shape index (κ1) is 18.4. The Labute approximate surface area is 162 Å². The van der Waals surface area contributed by atoms with E-state index in [-0.39, 0.29) is 12.5 Å². The number of imidazole rings is 1. The minimum Gasteiger partial charge on any atom is -0.331 e. The number of piperidine rings is 1. The van der Waals surface area contributed by atoms with Crippen LogP contribution in [0.5, 0.6) is 0 Å². The molecule has 3 heterocycles. The Balaban J connectivity index is 1.41. The Morgan fingerprint density at radius 1 is 1.18 bits per heavy atom. The van der Waals surface area contributed by atoms with Crippen LogP contribution in [0.15, 0.2) is 47.5 Å². The number of nitrogens with zero attached hydrogens (tertiary/aromatic N) is 5. The van der Waals surface area contributed by atoms with Crippen LogP contribution in [-0.2, 0) is 13.1 Å². The van der Waals surface area contributed by atoms with E-state index in [0.29, 0.717) is 44.6 Å². The van der Waals surface area contributed by atoms with Crippen LogP contribution in [0.25, 0.3) is 0 Å². The second-order valence-corrected chi connectivity index (χ2v) is 7.31. The van der Waals surface area contributed by atoms with Gasteiger partial charge in [-0.05, 0) is 25.3 Å². The molecule has 8 heteroatoms. The lowest BCUT2D eigenvalue weighted by Gasteiger charge is -2.36. The zero-order valence-electron chi connectivity index (χ0n) is 15.4. The Hall–Kier alpha value is -2.95. The fraction of sp³-hybridized carbons (Fsp3) is 0.450. The van der Waals surface area contributed by atoms with Gasteiger partial charge < -0.3 is 14.4 Å². The summed E-state index contributed by atoms with van der Waals surface area (Å²) in [4.78, 5) is 20.6. The summed E-state index contributed by atoms with van der Waals surface area (Å²) < 4.78 is 29.4. The van der Waals surface area contributed by atoms with Gasteiger partial charge in [-0.15, -0.1) is 0 Å². The van der Waals surface area contributed by atoms with Gasteiger partial charge in [0, 0.05) is 49.9 Å². The number of halogens is 2. The van der Waals surface area contributed by atoms with Crippen LogP contribution in [0, 0.1) is 17.2 Å². The van der Waals surface area contributed by atoms with E-state index in [1.807, 2.05) is 9.47 Å². The van der Waals surface area contributed by atoms with Crippen molar-refractivity contribution in [1.82, 2.24) is 19.4 Å². The molecule has 28 heavy (non-hydrogen) atoms. The number of likely N-dealkylation sites (tertiary alicyclic amines) is 1. The number of carbonyl (C=O) groups excluding carboxylic acids is 1. The fourth-order valence-corrected chi connectivity index (χ4v) is 4.08. The van der Waals surface area contributed by atoms with E-state index in [1.165, 1.54) is 6.08 Å². The van der Waals surface area contributed by atoms with Crippen LogP contribution in [-0.4, -0.2) is 45.0 Å². The fourth-order valence-electron chi connectivity index (χ4n) is 4.08. The summed E-state index contributed by atoms with van der Waals surface area (Å²) >= 11 is 0. The Kier molecular flexibility index (Phi) is 4.99. The molecule has 6 nitrogen and oxygen atoms in total. The zero-order chi connectivity index (χ0) is 19.7. The average molecular weight is 385 g/mol. The van der Waals surface area contributed by atoms with Gasteiger partial charge in [-0.3, -0.25) is 0 Å². The van der Waals surface area contributed by atoms with Crippen LogP contribution in [0.2, 0.25) is 0 Å². The molecule has 0 spiro atoms. The molecule has 0 bridgehead atoms. The normalized spacial score (nSPS) is 22.2. The van der Waals surface area contributed by atoms with Gasteiger partial charge >= 0.3 is 6.03 Å². The molecule has 0 aromatic carbocycles. The van der Waals surface area contributed by atoms with E-state index in [2.05, 4.69) is 11.1 Å². The van der Waals surface area contributed by atoms with Crippen LogP contribution in [0.1, 0.15) is 25.0 Å². The first-order valence-corrected chi connectivity index (χ1v) is 9.44. The van der Waals surface area contributed by atoms with Crippen molar-refractivity contribution in [3.05, 3.63) is 53.2 Å². The van der Waals surface area contributed by atoms with Crippen LogP contribution >= 0.6 is 0 Å². The lowest BCUT2D eigenvalue weighted by Crippen LogP contribution is -2.48. The molecular weight excluding hydrogens is 364 g/mol. The van der Waals surface area contributed by atoms with Crippen molar-refractivity contribution < 1.29 is 13.6 Å². The van der Waals surface area contributed by atoms with E-state index in [4.69, 9.17) is 0 Å². The number of nitriles is 1. The van der Waals surface area contributed by atoms with Gasteiger partial charge in [-0.25, -0.2) is 18.6 Å². The number of amides is 2. The maximum atomic E-state index is 14.1. The molecule has 1 aromatic heterocycles. The molecule has 1 saturated heterocycles. The topological polar surface area (TPSA) is 65.2 Å². The molecular formula is C20H21F2N5O. The third kappa shape index (κ3) is 3.44. The van der Waals surface area contributed by atoms with E-state index in [9.17, 15) is 18.8 Å². The number of aromatic nitrogens is 2. The van der Waals surface area contributed by atoms with E-state index < -0.39 is 17.6 Å². The standard InChI is InChI=1S/C20H21F2N5O/c21-15-1-2-17(19(22)9-15)18(10-23)14-3-5-25(6-4-14)20(28)26-7-8-27-13-24-11-16(27)12-26/h1,9,11,13,17H,2-8,12H2. The molecule has 2 amide bonds. The summed E-state index contributed by atoms with van der Waals surface area (Å²) in [6.07, 6.45) is 6.95. The van der Waals surface area contributed by atoms with E-state index in [0.717, 1.165) is 23.9 Å². The molecule has 0 N–H and O–H groups in total. The number of hydrogen-bond acceptors (Lipinski definition) is 3. The lowest BCUT2D eigenvalue weighted by atomic mass is 9.85. The van der Waals surface area contributed by atoms with Gasteiger partial charge in [0.25, 0.3) is 0 Å². The monoisotopic (exact) mass is 385 g/mol. The number of urea groups is 1. The molecule has 1 unspecified atom stereocenters. The number of allylic oxidation sites excluding steroid dienone is 5. The highest BCUT2D eigenvalue weighted by Crippen LogP contribution is 2.35. The van der Waals surface area contributed by atoms with Crippen molar-refractivity contribution in [2.45, 2.75) is 32.4 Å². The molecule has 0 saturated carbocycles. The smallest absolute Gasteiger partial charge is 0.320 e. The molecule has 1 fully saturated rings. The SMILES string of the molecule is N#CC(=C1CCN(C(=O)N2CCn3cncc3C2)CC1)C1CC=C(F)C=C1F. The number of hydrogen-bond donors (Lipinski definition) is 0. The van der Waals surface area contributed by atoms with Crippen LogP contribution < -0.4 is 0 Å². The van der Waals surface area contributed by atoms with Crippen molar-refractivity contribution in [1.29, 1.82) is 5.26 Å². The van der Waals surface area contributed by atoms with Crippen molar-refractivity contribution in [2.24, 2.45) is 5.92 Å². The van der Waals surface area contributed by atoms with Gasteiger partial charge in [0.2, 0.25) is 0 Å². The summed E-state index contributed by atoms with van der Waals surface area (Å²) in [7, 11) is 0. The molecule has 2 aliphatic heterocycles. The minimum absolute atomic E-state index is 0.0150. The van der Waals surface area contributed by atoms with Crippen molar-refractivity contribution >= 4 is 6.03 Å². The molecule has 4 rings (SSSR count). The quantitative estimate of drug-likeness (QED) is 0.696. The predicted molar refractivity (Wildman–Crippen MR) is 98.0 cm³/mol. The Morgan fingerprint density at radius 2 is 1.96 bits per heavy atom. The lowest BCUT2D eigenvalue weighted by molar-refractivity contribution is 0.137. The molecule has 146 valence electrons. The van der Waals surface area contributed by atoms with Crippen LogP contribution in [0.3, 0.4) is 0 Å². The highest BCUT2D eigenvalue weighted by molar-refractivity contribution is 5.74. The second-order valence-electron chi connectivity index (χ2n) is 7.31. The predicted octanol–water partition coefficient (Wildman–Crippen LogP) is 3.46. The number of fused-ring (bicyclic) bond motifs is 1. The van der Waals surface area contributed by atoms with Crippen LogP contribution in [0.4, 0.5) is 13.6 Å². The molecule has 3 aliphatic rings. The van der Waals surface area contributed by atoms with Crippen molar-refractivity contribution in [2.75, 3.05) is 19.6 Å². The van der Waals surface area contributed by atoms with Crippen molar-refractivity contribution in [3.8, 4) is 6.07 Å². The zero-order valence-corrected chi connectivity index (χ0v) is 15.4. The van der Waals surface area contributed by atoms with Gasteiger partial charge in [0.1, 0.15) is 11.7 Å².